The first-order valence-electron chi connectivity index (χ1n) is 7.97. The molecule has 114 valence electrons. The number of nitrogens with zero attached hydrogens (tertiary/aromatic N) is 3. The highest BCUT2D eigenvalue weighted by molar-refractivity contribution is 5.58. The normalized spacial score (nSPS) is 21.9. The second-order valence-corrected chi connectivity index (χ2v) is 6.02. The van der Waals surface area contributed by atoms with Crippen molar-refractivity contribution in [1.29, 1.82) is 5.26 Å². The second kappa shape index (κ2) is 6.91. The monoisotopic (exact) mass is 286 g/mol. The summed E-state index contributed by atoms with van der Waals surface area (Å²) >= 11 is 0. The first-order chi connectivity index (χ1) is 10.1. The van der Waals surface area contributed by atoms with E-state index in [0.717, 1.165) is 30.0 Å². The SMILES string of the molecule is CCN(c1nc(C)cc(C)c1C#N)C1CCCCC1CN. The van der Waals surface area contributed by atoms with Crippen LogP contribution in [-0.4, -0.2) is 24.1 Å². The van der Waals surface area contributed by atoms with Gasteiger partial charge in [0.15, 0.2) is 0 Å². The summed E-state index contributed by atoms with van der Waals surface area (Å²) in [5.74, 6) is 1.36. The molecule has 0 saturated heterocycles. The Morgan fingerprint density at radius 3 is 2.71 bits per heavy atom. The van der Waals surface area contributed by atoms with Crippen molar-refractivity contribution >= 4 is 5.82 Å². The van der Waals surface area contributed by atoms with Gasteiger partial charge in [0.05, 0.1) is 5.56 Å². The Hall–Kier alpha value is -1.60. The van der Waals surface area contributed by atoms with Gasteiger partial charge >= 0.3 is 0 Å². The number of pyridine rings is 1. The highest BCUT2D eigenvalue weighted by atomic mass is 15.2. The fraction of sp³-hybridized carbons (Fsp3) is 0.647. The summed E-state index contributed by atoms with van der Waals surface area (Å²) in [6.45, 7) is 7.71. The standard InChI is InChI=1S/C17H26N4/c1-4-21(16-8-6-5-7-14(16)10-18)17-15(11-19)12(2)9-13(3)20-17/h9,14,16H,4-8,10,18H2,1-3H3. The van der Waals surface area contributed by atoms with Crippen molar-refractivity contribution < 1.29 is 0 Å². The smallest absolute Gasteiger partial charge is 0.147 e. The summed E-state index contributed by atoms with van der Waals surface area (Å²) in [6, 6.07) is 4.74. The Bertz CT molecular complexity index is 532. The third kappa shape index (κ3) is 3.19. The lowest BCUT2D eigenvalue weighted by Gasteiger charge is -2.40. The Labute approximate surface area is 128 Å². The molecule has 0 bridgehead atoms. The first-order valence-corrected chi connectivity index (χ1v) is 7.97. The van der Waals surface area contributed by atoms with E-state index in [0.29, 0.717) is 24.1 Å². The van der Waals surface area contributed by atoms with Crippen LogP contribution in [0, 0.1) is 31.1 Å². The first kappa shape index (κ1) is 15.8. The Morgan fingerprint density at radius 1 is 1.38 bits per heavy atom. The summed E-state index contributed by atoms with van der Waals surface area (Å²) in [7, 11) is 0. The summed E-state index contributed by atoms with van der Waals surface area (Å²) in [5.41, 5.74) is 8.68. The van der Waals surface area contributed by atoms with Crippen molar-refractivity contribution in [3.63, 3.8) is 0 Å². The molecule has 2 atom stereocenters. The number of hydrogen-bond donors (Lipinski definition) is 1. The van der Waals surface area contributed by atoms with E-state index in [1.807, 2.05) is 19.9 Å². The van der Waals surface area contributed by atoms with Gasteiger partial charge in [-0.1, -0.05) is 12.8 Å². The van der Waals surface area contributed by atoms with E-state index < -0.39 is 0 Å². The zero-order valence-electron chi connectivity index (χ0n) is 13.4. The Balaban J connectivity index is 2.43. The maximum atomic E-state index is 9.51. The molecular weight excluding hydrogens is 260 g/mol. The minimum atomic E-state index is 0.412. The average Bonchev–Trinajstić information content (AvgIpc) is 2.48. The van der Waals surface area contributed by atoms with Crippen LogP contribution in [0.1, 0.15) is 49.4 Å². The molecule has 0 amide bonds. The summed E-state index contributed by atoms with van der Waals surface area (Å²) < 4.78 is 0. The molecule has 2 N–H and O–H groups in total. The molecule has 1 aromatic rings. The number of nitriles is 1. The van der Waals surface area contributed by atoms with E-state index in [2.05, 4.69) is 22.9 Å². The minimum Gasteiger partial charge on any atom is -0.352 e. The van der Waals surface area contributed by atoms with Crippen LogP contribution >= 0.6 is 0 Å². The van der Waals surface area contributed by atoms with Crippen LogP contribution in [-0.2, 0) is 0 Å². The molecule has 21 heavy (non-hydrogen) atoms. The maximum absolute atomic E-state index is 9.51. The molecule has 1 aliphatic rings. The molecule has 1 aliphatic carbocycles. The van der Waals surface area contributed by atoms with E-state index in [9.17, 15) is 5.26 Å². The average molecular weight is 286 g/mol. The van der Waals surface area contributed by atoms with Gasteiger partial charge in [-0.25, -0.2) is 4.98 Å². The number of hydrogen-bond acceptors (Lipinski definition) is 4. The molecule has 1 aromatic heterocycles. The van der Waals surface area contributed by atoms with Crippen LogP contribution in [0.3, 0.4) is 0 Å². The van der Waals surface area contributed by atoms with Gasteiger partial charge in [-0.05, 0) is 57.7 Å². The lowest BCUT2D eigenvalue weighted by atomic mass is 9.83. The summed E-state index contributed by atoms with van der Waals surface area (Å²) in [5, 5.41) is 9.51. The van der Waals surface area contributed by atoms with Gasteiger partial charge < -0.3 is 10.6 Å². The van der Waals surface area contributed by atoms with Crippen LogP contribution in [0.4, 0.5) is 5.82 Å². The van der Waals surface area contributed by atoms with Crippen molar-refractivity contribution in [1.82, 2.24) is 4.98 Å². The van der Waals surface area contributed by atoms with Gasteiger partial charge in [-0.3, -0.25) is 0 Å². The minimum absolute atomic E-state index is 0.412. The van der Waals surface area contributed by atoms with Crippen molar-refractivity contribution in [2.75, 3.05) is 18.0 Å². The topological polar surface area (TPSA) is 65.9 Å². The van der Waals surface area contributed by atoms with Crippen LogP contribution in [0.2, 0.25) is 0 Å². The van der Waals surface area contributed by atoms with Gasteiger partial charge in [0.2, 0.25) is 0 Å². The highest BCUT2D eigenvalue weighted by Gasteiger charge is 2.30. The molecular formula is C17H26N4. The van der Waals surface area contributed by atoms with Gasteiger partial charge in [0.1, 0.15) is 11.9 Å². The van der Waals surface area contributed by atoms with Crippen molar-refractivity contribution in [3.05, 3.63) is 22.9 Å². The largest absolute Gasteiger partial charge is 0.352 e. The molecule has 4 nitrogen and oxygen atoms in total. The maximum Gasteiger partial charge on any atom is 0.147 e. The third-order valence-corrected chi connectivity index (χ3v) is 4.62. The molecule has 0 radical (unpaired) electrons. The van der Waals surface area contributed by atoms with Crippen LogP contribution in [0.5, 0.6) is 0 Å². The highest BCUT2D eigenvalue weighted by Crippen LogP contribution is 2.32. The van der Waals surface area contributed by atoms with Gasteiger partial charge in [0.25, 0.3) is 0 Å². The fourth-order valence-corrected chi connectivity index (χ4v) is 3.58. The van der Waals surface area contributed by atoms with E-state index in [4.69, 9.17) is 5.73 Å². The molecule has 2 rings (SSSR count). The van der Waals surface area contributed by atoms with Gasteiger partial charge in [-0.15, -0.1) is 0 Å². The lowest BCUT2D eigenvalue weighted by molar-refractivity contribution is 0.299. The van der Waals surface area contributed by atoms with E-state index in [-0.39, 0.29) is 0 Å². The Morgan fingerprint density at radius 2 is 2.10 bits per heavy atom. The zero-order chi connectivity index (χ0) is 15.4. The number of nitrogens with two attached hydrogens (primary N) is 1. The van der Waals surface area contributed by atoms with Crippen LogP contribution in [0.25, 0.3) is 0 Å². The quantitative estimate of drug-likeness (QED) is 0.924. The van der Waals surface area contributed by atoms with Crippen LogP contribution < -0.4 is 10.6 Å². The van der Waals surface area contributed by atoms with Crippen LogP contribution in [0.15, 0.2) is 6.07 Å². The second-order valence-electron chi connectivity index (χ2n) is 6.02. The molecule has 1 heterocycles. The lowest BCUT2D eigenvalue weighted by Crippen LogP contribution is -2.46. The van der Waals surface area contributed by atoms with E-state index >= 15 is 0 Å². The Kier molecular flexibility index (Phi) is 5.19. The van der Waals surface area contributed by atoms with E-state index in [1.54, 1.807) is 0 Å². The predicted molar refractivity (Wildman–Crippen MR) is 86.2 cm³/mol. The number of aromatic nitrogens is 1. The molecule has 1 fully saturated rings. The molecule has 2 unspecified atom stereocenters. The zero-order valence-corrected chi connectivity index (χ0v) is 13.4. The van der Waals surface area contributed by atoms with Gasteiger partial charge in [-0.2, -0.15) is 5.26 Å². The van der Waals surface area contributed by atoms with Crippen molar-refractivity contribution in [2.24, 2.45) is 11.7 Å². The summed E-state index contributed by atoms with van der Waals surface area (Å²) in [4.78, 5) is 7.00. The molecule has 0 aromatic carbocycles. The number of anilines is 1. The van der Waals surface area contributed by atoms with Crippen molar-refractivity contribution in [3.8, 4) is 6.07 Å². The molecule has 1 saturated carbocycles. The molecule has 4 heteroatoms. The fourth-order valence-electron chi connectivity index (χ4n) is 3.58. The summed E-state index contributed by atoms with van der Waals surface area (Å²) in [6.07, 6.45) is 4.84. The van der Waals surface area contributed by atoms with Crippen molar-refractivity contribution in [2.45, 2.75) is 52.5 Å². The molecule has 0 spiro atoms. The third-order valence-electron chi connectivity index (χ3n) is 4.62. The predicted octanol–water partition coefficient (Wildman–Crippen LogP) is 2.91. The van der Waals surface area contributed by atoms with E-state index in [1.165, 1.54) is 19.3 Å². The molecule has 0 aliphatic heterocycles. The number of rotatable bonds is 4. The number of aryl methyl sites for hydroxylation is 2. The van der Waals surface area contributed by atoms with Gasteiger partial charge in [0, 0.05) is 18.3 Å².